The van der Waals surface area contributed by atoms with Crippen LogP contribution in [0.5, 0.6) is 0 Å². The van der Waals surface area contributed by atoms with E-state index in [4.69, 9.17) is 0 Å². The van der Waals surface area contributed by atoms with Crippen LogP contribution < -0.4 is 10.6 Å². The fraction of sp³-hybridized carbons (Fsp3) is 0.308. The van der Waals surface area contributed by atoms with E-state index >= 15 is 0 Å². The highest BCUT2D eigenvalue weighted by atomic mass is 16.2. The van der Waals surface area contributed by atoms with E-state index in [1.165, 1.54) is 6.92 Å². The number of carbonyl (C=O) groups excluding carboxylic acids is 3. The topological polar surface area (TPSA) is 75.3 Å². The van der Waals surface area contributed by atoms with Crippen LogP contribution in [-0.4, -0.2) is 17.6 Å². The molecule has 0 bridgehead atoms. The molecule has 0 saturated carbocycles. The number of benzene rings is 1. The van der Waals surface area contributed by atoms with Gasteiger partial charge in [-0.25, -0.2) is 0 Å². The third-order valence-corrected chi connectivity index (χ3v) is 2.84. The number of Topliss-reactive ketones (excluding diaryl/α,β-unsaturated/α-hetero) is 1. The molecule has 0 atom stereocenters. The standard InChI is InChI=1S/C13H14N2O3/c1-8(16)13(18)14-7-9-2-4-11-10(6-9)3-5-12(17)15-11/h2,4,6H,3,5,7H2,1H3,(H,14,18)(H,15,17). The van der Waals surface area contributed by atoms with Crippen LogP contribution in [0.1, 0.15) is 24.5 Å². The number of nitrogens with one attached hydrogen (secondary N) is 2. The van der Waals surface area contributed by atoms with E-state index in [0.29, 0.717) is 19.4 Å². The lowest BCUT2D eigenvalue weighted by Gasteiger charge is -2.17. The summed E-state index contributed by atoms with van der Waals surface area (Å²) in [5.41, 5.74) is 2.80. The minimum atomic E-state index is -0.582. The van der Waals surface area contributed by atoms with Crippen LogP contribution in [0.25, 0.3) is 0 Å². The number of fused-ring (bicyclic) bond motifs is 1. The molecule has 5 heteroatoms. The molecule has 2 N–H and O–H groups in total. The molecule has 0 aromatic heterocycles. The Morgan fingerprint density at radius 2 is 2.11 bits per heavy atom. The van der Waals surface area contributed by atoms with Crippen LogP contribution >= 0.6 is 0 Å². The molecule has 1 heterocycles. The summed E-state index contributed by atoms with van der Waals surface area (Å²) in [4.78, 5) is 33.1. The molecule has 1 aromatic rings. The highest BCUT2D eigenvalue weighted by Crippen LogP contribution is 2.23. The van der Waals surface area contributed by atoms with E-state index < -0.39 is 11.7 Å². The zero-order valence-electron chi connectivity index (χ0n) is 10.1. The minimum Gasteiger partial charge on any atom is -0.345 e. The molecule has 0 aliphatic carbocycles. The lowest BCUT2D eigenvalue weighted by Crippen LogP contribution is -2.28. The van der Waals surface area contributed by atoms with E-state index in [1.807, 2.05) is 18.2 Å². The molecule has 0 fully saturated rings. The predicted molar refractivity (Wildman–Crippen MR) is 65.9 cm³/mol. The van der Waals surface area contributed by atoms with Crippen LogP contribution in [0.15, 0.2) is 18.2 Å². The molecule has 2 amide bonds. The van der Waals surface area contributed by atoms with Gasteiger partial charge in [-0.05, 0) is 23.6 Å². The SMILES string of the molecule is CC(=O)C(=O)NCc1ccc2c(c1)CCC(=O)N2. The summed E-state index contributed by atoms with van der Waals surface area (Å²) in [6, 6.07) is 5.59. The average Bonchev–Trinajstić information content (AvgIpc) is 2.35. The molecule has 5 nitrogen and oxygen atoms in total. The fourth-order valence-corrected chi connectivity index (χ4v) is 1.85. The second-order valence-corrected chi connectivity index (χ2v) is 4.28. The monoisotopic (exact) mass is 246 g/mol. The van der Waals surface area contributed by atoms with Crippen LogP contribution in [0.4, 0.5) is 5.69 Å². The van der Waals surface area contributed by atoms with Crippen LogP contribution in [0, 0.1) is 0 Å². The van der Waals surface area contributed by atoms with Crippen LogP contribution in [0.3, 0.4) is 0 Å². The lowest BCUT2D eigenvalue weighted by molar-refractivity contribution is -0.136. The van der Waals surface area contributed by atoms with E-state index in [9.17, 15) is 14.4 Å². The van der Waals surface area contributed by atoms with E-state index in [0.717, 1.165) is 16.8 Å². The van der Waals surface area contributed by atoms with E-state index in [1.54, 1.807) is 0 Å². The van der Waals surface area contributed by atoms with Gasteiger partial charge in [-0.3, -0.25) is 14.4 Å². The third-order valence-electron chi connectivity index (χ3n) is 2.84. The molecule has 18 heavy (non-hydrogen) atoms. The van der Waals surface area contributed by atoms with Gasteiger partial charge in [0.1, 0.15) is 0 Å². The van der Waals surface area contributed by atoms with Crippen molar-refractivity contribution in [3.05, 3.63) is 29.3 Å². The summed E-state index contributed by atoms with van der Waals surface area (Å²) in [7, 11) is 0. The number of carbonyl (C=O) groups is 3. The smallest absolute Gasteiger partial charge is 0.287 e. The van der Waals surface area contributed by atoms with Gasteiger partial charge < -0.3 is 10.6 Å². The normalized spacial score (nSPS) is 13.5. The zero-order chi connectivity index (χ0) is 13.1. The Morgan fingerprint density at radius 3 is 2.83 bits per heavy atom. The Hall–Kier alpha value is -2.17. The first-order valence-electron chi connectivity index (χ1n) is 5.76. The first-order chi connectivity index (χ1) is 8.56. The molecular weight excluding hydrogens is 232 g/mol. The molecule has 0 spiro atoms. The Balaban J connectivity index is 2.05. The van der Waals surface area contributed by atoms with Crippen molar-refractivity contribution in [1.29, 1.82) is 0 Å². The number of hydrogen-bond acceptors (Lipinski definition) is 3. The summed E-state index contributed by atoms with van der Waals surface area (Å²) < 4.78 is 0. The quantitative estimate of drug-likeness (QED) is 0.774. The summed E-state index contributed by atoms with van der Waals surface area (Å²) in [5, 5.41) is 5.33. The van der Waals surface area contributed by atoms with Gasteiger partial charge >= 0.3 is 0 Å². The van der Waals surface area contributed by atoms with Crippen molar-refractivity contribution in [3.8, 4) is 0 Å². The third kappa shape index (κ3) is 2.74. The van der Waals surface area contributed by atoms with Crippen molar-refractivity contribution < 1.29 is 14.4 Å². The summed E-state index contributed by atoms with van der Waals surface area (Å²) in [6.45, 7) is 1.55. The van der Waals surface area contributed by atoms with Gasteiger partial charge in [0.25, 0.3) is 5.91 Å². The van der Waals surface area contributed by atoms with E-state index in [-0.39, 0.29) is 5.91 Å². The zero-order valence-corrected chi connectivity index (χ0v) is 10.1. The van der Waals surface area contributed by atoms with Gasteiger partial charge in [0.15, 0.2) is 0 Å². The molecule has 1 aliphatic rings. The molecule has 94 valence electrons. The molecular formula is C13H14N2O3. The molecule has 1 aliphatic heterocycles. The van der Waals surface area contributed by atoms with Crippen molar-refractivity contribution in [2.75, 3.05) is 5.32 Å². The Labute approximate surface area is 105 Å². The van der Waals surface area contributed by atoms with Gasteiger partial charge in [-0.2, -0.15) is 0 Å². The number of aryl methyl sites for hydroxylation is 1. The van der Waals surface area contributed by atoms with Crippen molar-refractivity contribution in [2.45, 2.75) is 26.3 Å². The molecule has 0 unspecified atom stereocenters. The van der Waals surface area contributed by atoms with Crippen LogP contribution in [0.2, 0.25) is 0 Å². The molecule has 1 aromatic carbocycles. The first-order valence-corrected chi connectivity index (χ1v) is 5.76. The van der Waals surface area contributed by atoms with Crippen LogP contribution in [-0.2, 0) is 27.3 Å². The van der Waals surface area contributed by atoms with E-state index in [2.05, 4.69) is 10.6 Å². The Morgan fingerprint density at radius 1 is 1.33 bits per heavy atom. The van der Waals surface area contributed by atoms with Gasteiger partial charge in [0.2, 0.25) is 11.7 Å². The van der Waals surface area contributed by atoms with Crippen molar-refractivity contribution in [3.63, 3.8) is 0 Å². The van der Waals surface area contributed by atoms with Gasteiger partial charge in [0.05, 0.1) is 0 Å². The first kappa shape index (κ1) is 12.3. The molecule has 0 saturated heterocycles. The number of amides is 2. The van der Waals surface area contributed by atoms with Crippen molar-refractivity contribution in [2.24, 2.45) is 0 Å². The number of ketones is 1. The number of hydrogen-bond donors (Lipinski definition) is 2. The Bertz CT molecular complexity index is 523. The summed E-state index contributed by atoms with van der Waals surface area (Å²) in [6.07, 6.45) is 1.19. The predicted octanol–water partition coefficient (Wildman–Crippen LogP) is 0.776. The lowest BCUT2D eigenvalue weighted by atomic mass is 10.0. The highest BCUT2D eigenvalue weighted by Gasteiger charge is 2.15. The second kappa shape index (κ2) is 5.00. The van der Waals surface area contributed by atoms with Gasteiger partial charge in [0, 0.05) is 25.6 Å². The molecule has 0 radical (unpaired) electrons. The second-order valence-electron chi connectivity index (χ2n) is 4.28. The minimum absolute atomic E-state index is 0.0279. The maximum absolute atomic E-state index is 11.2. The fourth-order valence-electron chi connectivity index (χ4n) is 1.85. The largest absolute Gasteiger partial charge is 0.345 e. The van der Waals surface area contributed by atoms with Crippen molar-refractivity contribution in [1.82, 2.24) is 5.32 Å². The summed E-state index contributed by atoms with van der Waals surface area (Å²) in [5.74, 6) is -1.05. The Kier molecular flexibility index (Phi) is 3.41. The average molecular weight is 246 g/mol. The highest BCUT2D eigenvalue weighted by molar-refractivity contribution is 6.35. The van der Waals surface area contributed by atoms with Crippen molar-refractivity contribution >= 4 is 23.3 Å². The maximum Gasteiger partial charge on any atom is 0.287 e. The maximum atomic E-state index is 11.2. The molecule has 2 rings (SSSR count). The number of anilines is 1. The van der Waals surface area contributed by atoms with Gasteiger partial charge in [-0.1, -0.05) is 12.1 Å². The summed E-state index contributed by atoms with van der Waals surface area (Å²) >= 11 is 0. The van der Waals surface area contributed by atoms with Gasteiger partial charge in [-0.15, -0.1) is 0 Å². The number of rotatable bonds is 3.